The molecular formula is C6H4N5. The second kappa shape index (κ2) is 2.45. The molecule has 1 radical (unpaired) electrons. The molecule has 0 atom stereocenters. The lowest BCUT2D eigenvalue weighted by Gasteiger charge is -1.90. The van der Waals surface area contributed by atoms with Crippen LogP contribution in [0.5, 0.6) is 0 Å². The topological polar surface area (TPSA) is 64.1 Å². The molecule has 0 aliphatic carbocycles. The average molecular weight is 146 g/mol. The van der Waals surface area contributed by atoms with Gasteiger partial charge in [0.1, 0.15) is 0 Å². The van der Waals surface area contributed by atoms with Crippen LogP contribution >= 0.6 is 0 Å². The highest BCUT2D eigenvalue weighted by atomic mass is 15.6. The van der Waals surface area contributed by atoms with Crippen LogP contribution in [0.15, 0.2) is 40.0 Å². The maximum absolute atomic E-state index is 3.86. The molecule has 0 fully saturated rings. The summed E-state index contributed by atoms with van der Waals surface area (Å²) in [7, 11) is 0. The standard InChI is InChI=1S/C6H4N5/c1-3-7-4-2-5(1)6-8-10-11-9-6/h1-4H. The highest BCUT2D eigenvalue weighted by Crippen LogP contribution is 2.03. The zero-order valence-corrected chi connectivity index (χ0v) is 5.55. The van der Waals surface area contributed by atoms with Crippen molar-refractivity contribution in [2.24, 2.45) is 15.4 Å². The maximum atomic E-state index is 3.86. The molecule has 2 rings (SSSR count). The van der Waals surface area contributed by atoms with Crippen molar-refractivity contribution in [2.45, 2.75) is 0 Å². The number of aromatic nitrogens is 1. The van der Waals surface area contributed by atoms with E-state index >= 15 is 0 Å². The van der Waals surface area contributed by atoms with Gasteiger partial charge in [0.25, 0.3) is 0 Å². The predicted molar refractivity (Wildman–Crippen MR) is 37.8 cm³/mol. The molecule has 0 N–H and O–H groups in total. The van der Waals surface area contributed by atoms with Gasteiger partial charge in [-0.2, -0.15) is 0 Å². The highest BCUT2D eigenvalue weighted by Gasteiger charge is 2.05. The molecule has 0 amide bonds. The zero-order chi connectivity index (χ0) is 7.52. The van der Waals surface area contributed by atoms with E-state index in [1.54, 1.807) is 24.5 Å². The Morgan fingerprint density at radius 1 is 1.09 bits per heavy atom. The predicted octanol–water partition coefficient (Wildman–Crippen LogP) is 0.728. The van der Waals surface area contributed by atoms with Crippen molar-refractivity contribution < 1.29 is 0 Å². The fourth-order valence-electron chi connectivity index (χ4n) is 0.761. The molecule has 1 aliphatic rings. The molecular weight excluding hydrogens is 142 g/mol. The van der Waals surface area contributed by atoms with Crippen molar-refractivity contribution in [3.05, 3.63) is 30.1 Å². The third-order valence-electron chi connectivity index (χ3n) is 1.26. The van der Waals surface area contributed by atoms with Crippen LogP contribution < -0.4 is 5.53 Å². The van der Waals surface area contributed by atoms with Crippen molar-refractivity contribution in [3.63, 3.8) is 0 Å². The molecule has 1 aromatic rings. The first kappa shape index (κ1) is 5.96. The molecule has 2 heterocycles. The summed E-state index contributed by atoms with van der Waals surface area (Å²) in [4.78, 5) is 3.86. The van der Waals surface area contributed by atoms with Crippen LogP contribution in [0.2, 0.25) is 0 Å². The Morgan fingerprint density at radius 3 is 2.55 bits per heavy atom. The first-order valence-electron chi connectivity index (χ1n) is 3.06. The van der Waals surface area contributed by atoms with Gasteiger partial charge in [-0.05, 0) is 22.9 Å². The normalized spacial score (nSPS) is 14.4. The lowest BCUT2D eigenvalue weighted by atomic mass is 10.2. The van der Waals surface area contributed by atoms with Gasteiger partial charge < -0.3 is 0 Å². The summed E-state index contributed by atoms with van der Waals surface area (Å²) < 4.78 is 0. The SMILES string of the molecule is c1cc(C2=N[N]N=N2)ccn1. The minimum absolute atomic E-state index is 0.535. The Hall–Kier alpha value is -1.78. The van der Waals surface area contributed by atoms with Crippen molar-refractivity contribution in [1.29, 1.82) is 0 Å². The van der Waals surface area contributed by atoms with Gasteiger partial charge >= 0.3 is 0 Å². The minimum Gasteiger partial charge on any atom is -0.265 e. The van der Waals surface area contributed by atoms with E-state index in [0.717, 1.165) is 5.56 Å². The Morgan fingerprint density at radius 2 is 1.91 bits per heavy atom. The van der Waals surface area contributed by atoms with Crippen molar-refractivity contribution in [3.8, 4) is 0 Å². The minimum atomic E-state index is 0.535. The molecule has 0 unspecified atom stereocenters. The van der Waals surface area contributed by atoms with Crippen molar-refractivity contribution >= 4 is 5.84 Å². The summed E-state index contributed by atoms with van der Waals surface area (Å²) in [6.45, 7) is 0. The third-order valence-corrected chi connectivity index (χ3v) is 1.26. The number of nitrogens with zero attached hydrogens (tertiary/aromatic N) is 5. The summed E-state index contributed by atoms with van der Waals surface area (Å²) >= 11 is 0. The number of amidine groups is 1. The number of hydrogen-bond acceptors (Lipinski definition) is 4. The van der Waals surface area contributed by atoms with Gasteiger partial charge in [0.05, 0.1) is 0 Å². The summed E-state index contributed by atoms with van der Waals surface area (Å²) in [5.74, 6) is 0.535. The largest absolute Gasteiger partial charge is 0.265 e. The van der Waals surface area contributed by atoms with Gasteiger partial charge in [-0.3, -0.25) is 4.98 Å². The van der Waals surface area contributed by atoms with E-state index < -0.39 is 0 Å². The average Bonchev–Trinajstić information content (AvgIpc) is 2.58. The molecule has 11 heavy (non-hydrogen) atoms. The summed E-state index contributed by atoms with van der Waals surface area (Å²) in [6.07, 6.45) is 3.34. The zero-order valence-electron chi connectivity index (χ0n) is 5.55. The second-order valence-electron chi connectivity index (χ2n) is 1.94. The number of rotatable bonds is 1. The van der Waals surface area contributed by atoms with Gasteiger partial charge in [-0.1, -0.05) is 0 Å². The number of pyridine rings is 1. The van der Waals surface area contributed by atoms with E-state index in [1.165, 1.54) is 0 Å². The Bertz CT molecular complexity index is 302. The van der Waals surface area contributed by atoms with Crippen LogP contribution in [0.25, 0.3) is 0 Å². The first-order chi connectivity index (χ1) is 5.47. The van der Waals surface area contributed by atoms with E-state index in [0.29, 0.717) is 5.84 Å². The molecule has 1 aromatic heterocycles. The number of hydrogen-bond donors (Lipinski definition) is 0. The van der Waals surface area contributed by atoms with Crippen LogP contribution in [0, 0.1) is 0 Å². The second-order valence-corrected chi connectivity index (χ2v) is 1.94. The van der Waals surface area contributed by atoms with Gasteiger partial charge in [-0.15, -0.1) is 10.2 Å². The summed E-state index contributed by atoms with van der Waals surface area (Å²) in [5, 5.41) is 10.7. The van der Waals surface area contributed by atoms with Crippen LogP contribution in [0.3, 0.4) is 0 Å². The van der Waals surface area contributed by atoms with E-state index in [1.807, 2.05) is 0 Å². The van der Waals surface area contributed by atoms with E-state index in [9.17, 15) is 0 Å². The van der Waals surface area contributed by atoms with Crippen LogP contribution in [0.1, 0.15) is 5.56 Å². The fourth-order valence-corrected chi connectivity index (χ4v) is 0.761. The smallest absolute Gasteiger partial charge is 0.207 e. The monoisotopic (exact) mass is 146 g/mol. The lowest BCUT2D eigenvalue weighted by molar-refractivity contribution is 0.780. The van der Waals surface area contributed by atoms with Crippen LogP contribution in [-0.2, 0) is 0 Å². The molecule has 0 saturated carbocycles. The Labute approximate surface area is 62.8 Å². The van der Waals surface area contributed by atoms with E-state index in [4.69, 9.17) is 0 Å². The lowest BCUT2D eigenvalue weighted by Crippen LogP contribution is -1.93. The van der Waals surface area contributed by atoms with Crippen molar-refractivity contribution in [2.75, 3.05) is 0 Å². The molecule has 0 aromatic carbocycles. The van der Waals surface area contributed by atoms with Gasteiger partial charge in [0.2, 0.25) is 5.84 Å². The molecule has 0 spiro atoms. The summed E-state index contributed by atoms with van der Waals surface area (Å²) in [5.41, 5.74) is 4.25. The first-order valence-corrected chi connectivity index (χ1v) is 3.06. The Balaban J connectivity index is 2.37. The molecule has 5 heteroatoms. The van der Waals surface area contributed by atoms with Gasteiger partial charge in [0, 0.05) is 18.0 Å². The third kappa shape index (κ3) is 1.07. The maximum Gasteiger partial charge on any atom is 0.207 e. The van der Waals surface area contributed by atoms with E-state index in [-0.39, 0.29) is 0 Å². The van der Waals surface area contributed by atoms with Crippen LogP contribution in [0.4, 0.5) is 0 Å². The van der Waals surface area contributed by atoms with Gasteiger partial charge in [0.15, 0.2) is 0 Å². The van der Waals surface area contributed by atoms with Gasteiger partial charge in [-0.25, -0.2) is 0 Å². The van der Waals surface area contributed by atoms with Crippen LogP contribution in [-0.4, -0.2) is 10.8 Å². The molecule has 0 bridgehead atoms. The molecule has 0 saturated heterocycles. The van der Waals surface area contributed by atoms with Crippen molar-refractivity contribution in [1.82, 2.24) is 10.5 Å². The molecule has 5 nitrogen and oxygen atoms in total. The Kier molecular flexibility index (Phi) is 1.33. The fraction of sp³-hybridized carbons (Fsp3) is 0. The summed E-state index contributed by atoms with van der Waals surface area (Å²) in [6, 6.07) is 3.61. The molecule has 53 valence electrons. The molecule has 1 aliphatic heterocycles. The quantitative estimate of drug-likeness (QED) is 0.575. The highest BCUT2D eigenvalue weighted by molar-refractivity contribution is 5.99. The van der Waals surface area contributed by atoms with E-state index in [2.05, 4.69) is 26.0 Å².